The maximum Gasteiger partial charge on any atom is 0.220 e. The number of rotatable bonds is 17. The van der Waals surface area contributed by atoms with E-state index in [1.165, 1.54) is 44.9 Å². The lowest BCUT2D eigenvalue weighted by molar-refractivity contribution is -0.122. The minimum atomic E-state index is -0.435. The number of unbranched alkanes of at least 4 members (excludes halogenated alkanes) is 9. The second kappa shape index (κ2) is 17.2. The van der Waals surface area contributed by atoms with Gasteiger partial charge in [0.1, 0.15) is 0 Å². The molecule has 4 heteroatoms. The number of carbonyl (C=O) groups is 1. The molecule has 0 aliphatic rings. The molecule has 2 atom stereocenters. The molecule has 144 valence electrons. The van der Waals surface area contributed by atoms with Crippen molar-refractivity contribution >= 4 is 5.91 Å². The quantitative estimate of drug-likeness (QED) is 0.344. The zero-order valence-corrected chi connectivity index (χ0v) is 16.1. The Labute approximate surface area is 149 Å². The van der Waals surface area contributed by atoms with Crippen molar-refractivity contribution in [3.8, 4) is 0 Å². The molecule has 3 N–H and O–H groups in total. The molecular formula is C20H41NO3. The van der Waals surface area contributed by atoms with Gasteiger partial charge in [0, 0.05) is 6.42 Å². The van der Waals surface area contributed by atoms with Crippen molar-refractivity contribution in [1.82, 2.24) is 5.32 Å². The molecule has 0 heterocycles. The van der Waals surface area contributed by atoms with E-state index in [4.69, 9.17) is 0 Å². The highest BCUT2D eigenvalue weighted by molar-refractivity contribution is 5.76. The molecule has 0 unspecified atom stereocenters. The number of nitrogens with one attached hydrogen (secondary N) is 1. The predicted octanol–water partition coefficient (Wildman–Crippen LogP) is 4.33. The van der Waals surface area contributed by atoms with Crippen LogP contribution in [0.25, 0.3) is 0 Å². The maximum atomic E-state index is 11.9. The summed E-state index contributed by atoms with van der Waals surface area (Å²) in [6, 6.07) is -0.317. The third kappa shape index (κ3) is 14.9. The summed E-state index contributed by atoms with van der Waals surface area (Å²) in [7, 11) is 0. The SMILES string of the molecule is CCCCCCCCCCCC(=O)N[C@@H](CO)C[C@H](O)CCCC. The summed E-state index contributed by atoms with van der Waals surface area (Å²) >= 11 is 0. The summed E-state index contributed by atoms with van der Waals surface area (Å²) in [6.45, 7) is 4.22. The fourth-order valence-corrected chi connectivity index (χ4v) is 2.96. The van der Waals surface area contributed by atoms with E-state index in [2.05, 4.69) is 19.2 Å². The molecule has 0 aliphatic heterocycles. The van der Waals surface area contributed by atoms with Gasteiger partial charge in [0.25, 0.3) is 0 Å². The van der Waals surface area contributed by atoms with Gasteiger partial charge in [0.05, 0.1) is 18.8 Å². The van der Waals surface area contributed by atoms with E-state index in [1.54, 1.807) is 0 Å². The van der Waals surface area contributed by atoms with Gasteiger partial charge in [-0.15, -0.1) is 0 Å². The van der Waals surface area contributed by atoms with E-state index in [0.29, 0.717) is 12.8 Å². The van der Waals surface area contributed by atoms with Gasteiger partial charge in [-0.1, -0.05) is 78.1 Å². The number of amides is 1. The van der Waals surface area contributed by atoms with Crippen molar-refractivity contribution in [3.05, 3.63) is 0 Å². The Kier molecular flexibility index (Phi) is 16.8. The molecule has 0 spiro atoms. The van der Waals surface area contributed by atoms with Gasteiger partial charge in [0.15, 0.2) is 0 Å². The molecule has 0 aromatic carbocycles. The zero-order valence-electron chi connectivity index (χ0n) is 16.1. The normalized spacial score (nSPS) is 13.7. The van der Waals surface area contributed by atoms with Crippen LogP contribution in [0.5, 0.6) is 0 Å². The fourth-order valence-electron chi connectivity index (χ4n) is 2.96. The molecule has 0 bridgehead atoms. The van der Waals surface area contributed by atoms with Crippen molar-refractivity contribution in [2.24, 2.45) is 0 Å². The van der Waals surface area contributed by atoms with E-state index in [-0.39, 0.29) is 18.6 Å². The Morgan fingerprint density at radius 3 is 1.96 bits per heavy atom. The van der Waals surface area contributed by atoms with Crippen LogP contribution in [-0.2, 0) is 4.79 Å². The van der Waals surface area contributed by atoms with Gasteiger partial charge in [-0.2, -0.15) is 0 Å². The van der Waals surface area contributed by atoms with Crippen LogP contribution in [0.1, 0.15) is 104 Å². The summed E-state index contributed by atoms with van der Waals surface area (Å²) in [5, 5.41) is 22.1. The first-order valence-corrected chi connectivity index (χ1v) is 10.2. The zero-order chi connectivity index (χ0) is 18.0. The summed E-state index contributed by atoms with van der Waals surface area (Å²) in [5.41, 5.74) is 0. The Balaban J connectivity index is 3.61. The van der Waals surface area contributed by atoms with Crippen LogP contribution in [0.3, 0.4) is 0 Å². The van der Waals surface area contributed by atoms with Gasteiger partial charge in [-0.25, -0.2) is 0 Å². The van der Waals surface area contributed by atoms with E-state index in [0.717, 1.165) is 32.1 Å². The highest BCUT2D eigenvalue weighted by Crippen LogP contribution is 2.11. The van der Waals surface area contributed by atoms with E-state index in [1.807, 2.05) is 0 Å². The lowest BCUT2D eigenvalue weighted by atomic mass is 10.0. The lowest BCUT2D eigenvalue weighted by Crippen LogP contribution is -2.39. The average Bonchev–Trinajstić information content (AvgIpc) is 2.57. The minimum absolute atomic E-state index is 0.000290. The van der Waals surface area contributed by atoms with Crippen molar-refractivity contribution in [2.45, 2.75) is 116 Å². The van der Waals surface area contributed by atoms with E-state index in [9.17, 15) is 15.0 Å². The van der Waals surface area contributed by atoms with Crippen LogP contribution in [0.4, 0.5) is 0 Å². The predicted molar refractivity (Wildman–Crippen MR) is 101 cm³/mol. The summed E-state index contributed by atoms with van der Waals surface area (Å²) in [4.78, 5) is 11.9. The van der Waals surface area contributed by atoms with Gasteiger partial charge in [-0.05, 0) is 19.3 Å². The van der Waals surface area contributed by atoms with Crippen LogP contribution >= 0.6 is 0 Å². The molecule has 0 aromatic heterocycles. The molecule has 24 heavy (non-hydrogen) atoms. The van der Waals surface area contributed by atoms with Crippen LogP contribution < -0.4 is 5.32 Å². The minimum Gasteiger partial charge on any atom is -0.394 e. The summed E-state index contributed by atoms with van der Waals surface area (Å²) < 4.78 is 0. The Morgan fingerprint density at radius 1 is 0.875 bits per heavy atom. The number of aliphatic hydroxyl groups excluding tert-OH is 2. The molecule has 1 amide bonds. The third-order valence-corrected chi connectivity index (χ3v) is 4.54. The smallest absolute Gasteiger partial charge is 0.220 e. The van der Waals surface area contributed by atoms with Crippen molar-refractivity contribution in [3.63, 3.8) is 0 Å². The molecule has 0 fully saturated rings. The second-order valence-corrected chi connectivity index (χ2v) is 7.06. The van der Waals surface area contributed by atoms with Gasteiger partial charge in [0.2, 0.25) is 5.91 Å². The van der Waals surface area contributed by atoms with E-state index < -0.39 is 6.10 Å². The molecule has 0 aliphatic carbocycles. The molecule has 0 aromatic rings. The standard InChI is InChI=1S/C20H41NO3/c1-3-5-7-8-9-10-11-12-13-15-20(24)21-18(17-22)16-19(23)14-6-4-2/h18-19,22-23H,3-17H2,1-2H3,(H,21,24)/t18-,19-/m1/s1. The van der Waals surface area contributed by atoms with E-state index >= 15 is 0 Å². The monoisotopic (exact) mass is 343 g/mol. The molecule has 4 nitrogen and oxygen atoms in total. The number of aliphatic hydroxyl groups is 2. The van der Waals surface area contributed by atoms with Crippen LogP contribution in [-0.4, -0.2) is 34.9 Å². The highest BCUT2D eigenvalue weighted by atomic mass is 16.3. The maximum absolute atomic E-state index is 11.9. The number of hydrogen-bond donors (Lipinski definition) is 3. The second-order valence-electron chi connectivity index (χ2n) is 7.06. The van der Waals surface area contributed by atoms with Crippen molar-refractivity contribution < 1.29 is 15.0 Å². The van der Waals surface area contributed by atoms with Crippen LogP contribution in [0.15, 0.2) is 0 Å². The van der Waals surface area contributed by atoms with Gasteiger partial charge >= 0.3 is 0 Å². The van der Waals surface area contributed by atoms with Gasteiger partial charge < -0.3 is 15.5 Å². The average molecular weight is 344 g/mol. The number of carbonyl (C=O) groups excluding carboxylic acids is 1. The van der Waals surface area contributed by atoms with Gasteiger partial charge in [-0.3, -0.25) is 4.79 Å². The third-order valence-electron chi connectivity index (χ3n) is 4.54. The fraction of sp³-hybridized carbons (Fsp3) is 0.950. The molecule has 0 radical (unpaired) electrons. The molecule has 0 rings (SSSR count). The van der Waals surface area contributed by atoms with Crippen molar-refractivity contribution in [1.29, 1.82) is 0 Å². The first kappa shape index (κ1) is 23.4. The summed E-state index contributed by atoms with van der Waals surface area (Å²) in [5.74, 6) is -0.000290. The van der Waals surface area contributed by atoms with Crippen LogP contribution in [0, 0.1) is 0 Å². The first-order valence-electron chi connectivity index (χ1n) is 10.2. The number of hydrogen-bond acceptors (Lipinski definition) is 3. The molecular weight excluding hydrogens is 302 g/mol. The summed E-state index contributed by atoms with van der Waals surface area (Å²) in [6.07, 6.45) is 14.4. The first-order chi connectivity index (χ1) is 11.6. The molecule has 0 saturated carbocycles. The topological polar surface area (TPSA) is 69.6 Å². The Morgan fingerprint density at radius 2 is 1.42 bits per heavy atom. The van der Waals surface area contributed by atoms with Crippen LogP contribution in [0.2, 0.25) is 0 Å². The largest absolute Gasteiger partial charge is 0.394 e. The lowest BCUT2D eigenvalue weighted by Gasteiger charge is -2.19. The van der Waals surface area contributed by atoms with Crippen molar-refractivity contribution in [2.75, 3.05) is 6.61 Å². The Hall–Kier alpha value is -0.610. The Bertz CT molecular complexity index is 284. The highest BCUT2D eigenvalue weighted by Gasteiger charge is 2.15. The molecule has 0 saturated heterocycles.